The van der Waals surface area contributed by atoms with Crippen molar-refractivity contribution >= 4 is 22.4 Å². The van der Waals surface area contributed by atoms with Gasteiger partial charge in [0.15, 0.2) is 0 Å². The third kappa shape index (κ3) is 4.45. The summed E-state index contributed by atoms with van der Waals surface area (Å²) in [6, 6.07) is 16.2. The monoisotopic (exact) mass is 585 g/mol. The Bertz CT molecular complexity index is 1520. The van der Waals surface area contributed by atoms with Gasteiger partial charge in [-0.25, -0.2) is 0 Å². The molecule has 0 N–H and O–H groups in total. The number of fused-ring (bicyclic) bond motifs is 3. The van der Waals surface area contributed by atoms with E-state index in [-0.39, 0.29) is 10.8 Å². The molecular weight excluding hydrogens is 547 g/mol. The molecule has 0 bridgehead atoms. The van der Waals surface area contributed by atoms with Gasteiger partial charge in [0.25, 0.3) is 0 Å². The minimum atomic E-state index is -3.55. The van der Waals surface area contributed by atoms with E-state index in [1.807, 2.05) is 0 Å². The minimum absolute atomic E-state index is 0.0449. The second-order valence-corrected chi connectivity index (χ2v) is 22.3. The van der Waals surface area contributed by atoms with Crippen molar-refractivity contribution in [2.24, 2.45) is 0 Å². The summed E-state index contributed by atoms with van der Waals surface area (Å²) in [5.41, 5.74) is 11.8. The van der Waals surface area contributed by atoms with Crippen molar-refractivity contribution in [3.63, 3.8) is 0 Å². The van der Waals surface area contributed by atoms with E-state index in [1.54, 1.807) is 6.55 Å². The van der Waals surface area contributed by atoms with Crippen molar-refractivity contribution in [3.8, 4) is 11.1 Å². The second-order valence-electron chi connectivity index (χ2n) is 13.2. The van der Waals surface area contributed by atoms with E-state index in [2.05, 4.69) is 116 Å². The fourth-order valence-corrected chi connectivity index (χ4v) is 16.9. The molecule has 0 saturated heterocycles. The van der Waals surface area contributed by atoms with Crippen molar-refractivity contribution in [2.75, 3.05) is 0 Å². The topological polar surface area (TPSA) is 0 Å². The van der Waals surface area contributed by atoms with Crippen molar-refractivity contribution < 1.29 is 19.8 Å². The van der Waals surface area contributed by atoms with E-state index < -0.39 is 19.8 Å². The van der Waals surface area contributed by atoms with Crippen molar-refractivity contribution in [1.29, 1.82) is 0 Å². The Morgan fingerprint density at radius 3 is 2.03 bits per heavy atom. The molecule has 0 spiro atoms. The number of rotatable bonds is 3. The zero-order valence-electron chi connectivity index (χ0n) is 23.8. The average Bonchev–Trinajstić information content (AvgIpc) is 3.44. The standard InChI is InChI=1S/C23H29.C6H4Cl.C5H5.CH2.Zr/c1-14-9-16-11-17-10-15(2)21(23(6,7)8)13-19(17)18(16)12-20(14)22(3,4)5;7-6-4-2-1-3-5-6;1-2-4-5-3-1;;/h9,12-13H,11H2,1-8H3;2-5H;1-3H,4H2;1H2;. The average molecular weight is 587 g/mol. The molecule has 0 radical (unpaired) electrons. The summed E-state index contributed by atoms with van der Waals surface area (Å²) in [4.78, 5) is 0. The summed E-state index contributed by atoms with van der Waals surface area (Å²) in [7, 11) is 0. The summed E-state index contributed by atoms with van der Waals surface area (Å²) in [5, 5.41) is 0.791. The molecule has 0 heterocycles. The number of hydrogen-bond donors (Lipinski definition) is 0. The Kier molecular flexibility index (Phi) is 6.61. The number of hydrogen-bond acceptors (Lipinski definition) is 0. The SMILES string of the molecule is [CH2]=[Zr]([C]1=CC=CC1)([c]1ccc(Cl)cc1)[c]1c(C)c(C(C)(C)C)cc2c1Cc1cc(C)c(C(C)(C)C)cc1-2. The van der Waals surface area contributed by atoms with Gasteiger partial charge in [-0.3, -0.25) is 0 Å². The van der Waals surface area contributed by atoms with Crippen LogP contribution in [0.3, 0.4) is 0 Å². The third-order valence-corrected chi connectivity index (χ3v) is 19.4. The van der Waals surface area contributed by atoms with Gasteiger partial charge in [-0.15, -0.1) is 0 Å². The molecule has 2 aliphatic carbocycles. The second kappa shape index (κ2) is 9.14. The quantitative estimate of drug-likeness (QED) is 0.226. The number of halogens is 1. The molecule has 1 atom stereocenters. The third-order valence-electron chi connectivity index (χ3n) is 8.50. The molecule has 0 fully saturated rings. The van der Waals surface area contributed by atoms with Crippen LogP contribution in [0.15, 0.2) is 64.0 Å². The molecule has 0 saturated carbocycles. The van der Waals surface area contributed by atoms with Crippen LogP contribution < -0.4 is 6.54 Å². The van der Waals surface area contributed by atoms with Gasteiger partial charge in [-0.05, 0) is 0 Å². The number of allylic oxidation sites excluding steroid dienone is 4. The van der Waals surface area contributed by atoms with Gasteiger partial charge >= 0.3 is 235 Å². The van der Waals surface area contributed by atoms with Crippen LogP contribution in [-0.2, 0) is 37.0 Å². The molecule has 3 aromatic rings. The summed E-state index contributed by atoms with van der Waals surface area (Å²) >= 11 is 2.83. The summed E-state index contributed by atoms with van der Waals surface area (Å²) in [6.45, 7) is 18.7. The van der Waals surface area contributed by atoms with Crippen LogP contribution in [0.25, 0.3) is 11.1 Å². The first-order chi connectivity index (χ1) is 17.2. The molecule has 191 valence electrons. The van der Waals surface area contributed by atoms with Gasteiger partial charge in [0, 0.05) is 0 Å². The van der Waals surface area contributed by atoms with Crippen molar-refractivity contribution in [2.45, 2.75) is 79.1 Å². The van der Waals surface area contributed by atoms with Gasteiger partial charge in [-0.1, -0.05) is 0 Å². The predicted octanol–water partition coefficient (Wildman–Crippen LogP) is 8.50. The maximum absolute atomic E-state index is 6.38. The maximum atomic E-state index is 6.38. The Morgan fingerprint density at radius 1 is 0.838 bits per heavy atom. The molecule has 0 nitrogen and oxygen atoms in total. The fourth-order valence-electron chi connectivity index (χ4n) is 6.77. The fraction of sp³-hybridized carbons (Fsp3) is 0.343. The van der Waals surface area contributed by atoms with Crippen LogP contribution in [0.5, 0.6) is 0 Å². The number of benzene rings is 3. The number of aryl methyl sites for hydroxylation is 1. The van der Waals surface area contributed by atoms with E-state index in [4.69, 9.17) is 15.8 Å². The Morgan fingerprint density at radius 2 is 1.46 bits per heavy atom. The zero-order valence-corrected chi connectivity index (χ0v) is 27.0. The van der Waals surface area contributed by atoms with E-state index in [0.29, 0.717) is 0 Å². The van der Waals surface area contributed by atoms with Crippen molar-refractivity contribution in [3.05, 3.63) is 102 Å². The zero-order chi connectivity index (χ0) is 26.9. The Balaban J connectivity index is 1.88. The van der Waals surface area contributed by atoms with E-state index in [0.717, 1.165) is 17.9 Å². The Hall–Kier alpha value is -1.82. The van der Waals surface area contributed by atoms with Gasteiger partial charge < -0.3 is 0 Å². The Labute approximate surface area is 233 Å². The van der Waals surface area contributed by atoms with E-state index in [1.165, 1.54) is 47.8 Å². The first-order valence-corrected chi connectivity index (χ1v) is 19.3. The van der Waals surface area contributed by atoms with Gasteiger partial charge in [-0.2, -0.15) is 0 Å². The van der Waals surface area contributed by atoms with Gasteiger partial charge in [0.1, 0.15) is 0 Å². The van der Waals surface area contributed by atoms with Crippen LogP contribution in [0.1, 0.15) is 81.3 Å². The molecule has 5 rings (SSSR count). The molecule has 0 aromatic heterocycles. The molecule has 2 heteroatoms. The normalized spacial score (nSPS) is 16.4. The summed E-state index contributed by atoms with van der Waals surface area (Å²) in [6.07, 6.45) is 8.92. The summed E-state index contributed by atoms with van der Waals surface area (Å²) in [5.74, 6) is 0. The molecular formula is C35H40ClZr. The molecule has 2 aliphatic rings. The molecule has 0 amide bonds. The van der Waals surface area contributed by atoms with E-state index >= 15 is 0 Å². The van der Waals surface area contributed by atoms with Crippen LogP contribution in [0, 0.1) is 13.8 Å². The molecule has 0 aliphatic heterocycles. The van der Waals surface area contributed by atoms with Crippen LogP contribution >= 0.6 is 11.6 Å². The van der Waals surface area contributed by atoms with Crippen LogP contribution in [0.4, 0.5) is 0 Å². The van der Waals surface area contributed by atoms with Crippen LogP contribution in [0.2, 0.25) is 5.02 Å². The van der Waals surface area contributed by atoms with Gasteiger partial charge in [0.05, 0.1) is 0 Å². The first kappa shape index (κ1) is 26.8. The van der Waals surface area contributed by atoms with Crippen molar-refractivity contribution in [1.82, 2.24) is 0 Å². The predicted molar refractivity (Wildman–Crippen MR) is 161 cm³/mol. The molecule has 3 aromatic carbocycles. The van der Waals surface area contributed by atoms with Gasteiger partial charge in [0.2, 0.25) is 0 Å². The van der Waals surface area contributed by atoms with Crippen LogP contribution in [-0.4, -0.2) is 4.21 Å². The molecule has 1 unspecified atom stereocenters. The van der Waals surface area contributed by atoms with E-state index in [9.17, 15) is 0 Å². The first-order valence-electron chi connectivity index (χ1n) is 13.5. The summed E-state index contributed by atoms with van der Waals surface area (Å²) < 4.78 is 9.82. The molecule has 37 heavy (non-hydrogen) atoms.